The molecular weight excluding hydrogens is 344 g/mol. The highest BCUT2D eigenvalue weighted by Crippen LogP contribution is 2.54. The van der Waals surface area contributed by atoms with E-state index < -0.39 is 0 Å². The van der Waals surface area contributed by atoms with Crippen molar-refractivity contribution < 1.29 is 4.79 Å². The van der Waals surface area contributed by atoms with E-state index in [-0.39, 0.29) is 0 Å². The van der Waals surface area contributed by atoms with E-state index in [9.17, 15) is 4.79 Å². The van der Waals surface area contributed by atoms with Gasteiger partial charge in [0.15, 0.2) is 0 Å². The lowest BCUT2D eigenvalue weighted by atomic mass is 9.76. The minimum absolute atomic E-state index is 0.295. The second-order valence-electron chi connectivity index (χ2n) is 8.67. The summed E-state index contributed by atoms with van der Waals surface area (Å²) in [6.07, 6.45) is 5.21. The number of hydrogen-bond acceptors (Lipinski definition) is 3. The zero-order valence-corrected chi connectivity index (χ0v) is 16.7. The lowest BCUT2D eigenvalue weighted by molar-refractivity contribution is -0.124. The van der Waals surface area contributed by atoms with Crippen molar-refractivity contribution in [1.29, 1.82) is 0 Å². The average molecular weight is 375 g/mol. The van der Waals surface area contributed by atoms with Gasteiger partial charge in [-0.25, -0.2) is 0 Å². The van der Waals surface area contributed by atoms with Gasteiger partial charge in [0.05, 0.1) is 6.04 Å². The maximum atomic E-state index is 12.1. The molecule has 2 aromatic carbocycles. The molecule has 3 nitrogen and oxygen atoms in total. The Balaban J connectivity index is 1.39. The van der Waals surface area contributed by atoms with Crippen LogP contribution < -0.4 is 5.32 Å². The molecule has 2 aromatic rings. The van der Waals surface area contributed by atoms with Gasteiger partial charge in [0, 0.05) is 30.0 Å². The summed E-state index contributed by atoms with van der Waals surface area (Å²) in [6.45, 7) is 4.12. The predicted molar refractivity (Wildman–Crippen MR) is 114 cm³/mol. The third kappa shape index (κ3) is 2.97. The lowest BCUT2D eigenvalue weighted by Gasteiger charge is -2.41. The fourth-order valence-corrected chi connectivity index (χ4v) is 5.83. The van der Waals surface area contributed by atoms with Gasteiger partial charge in [0.1, 0.15) is 5.78 Å². The summed E-state index contributed by atoms with van der Waals surface area (Å²) < 4.78 is 0. The Bertz CT molecular complexity index is 854. The van der Waals surface area contributed by atoms with E-state index in [4.69, 9.17) is 0 Å². The van der Waals surface area contributed by atoms with Crippen molar-refractivity contribution in [3.05, 3.63) is 65.2 Å². The number of benzene rings is 2. The molecule has 5 rings (SSSR count). The monoisotopic (exact) mass is 374 g/mol. The minimum atomic E-state index is 0.295. The summed E-state index contributed by atoms with van der Waals surface area (Å²) in [5.74, 6) is 1.33. The van der Waals surface area contributed by atoms with Crippen LogP contribution in [0.3, 0.4) is 0 Å². The number of piperidine rings is 1. The predicted octanol–water partition coefficient (Wildman–Crippen LogP) is 5.46. The van der Waals surface area contributed by atoms with Crippen LogP contribution in [0.2, 0.25) is 0 Å². The summed E-state index contributed by atoms with van der Waals surface area (Å²) >= 11 is 0. The molecule has 0 saturated carbocycles. The molecule has 3 unspecified atom stereocenters. The normalized spacial score (nSPS) is 27.2. The van der Waals surface area contributed by atoms with Gasteiger partial charge in [-0.3, -0.25) is 9.69 Å². The molecule has 146 valence electrons. The van der Waals surface area contributed by atoms with Crippen LogP contribution in [0.4, 0.5) is 5.69 Å². The molecule has 1 N–H and O–H groups in total. The van der Waals surface area contributed by atoms with E-state index in [1.807, 2.05) is 6.92 Å². The van der Waals surface area contributed by atoms with Crippen molar-refractivity contribution in [1.82, 2.24) is 4.90 Å². The highest BCUT2D eigenvalue weighted by atomic mass is 16.1. The van der Waals surface area contributed by atoms with Crippen molar-refractivity contribution in [3.8, 4) is 0 Å². The molecule has 0 bridgehead atoms. The number of carbonyl (C=O) groups is 1. The number of hydrogen-bond donors (Lipinski definition) is 1. The maximum Gasteiger partial charge on any atom is 0.135 e. The van der Waals surface area contributed by atoms with Crippen molar-refractivity contribution in [2.75, 3.05) is 18.4 Å². The topological polar surface area (TPSA) is 32.3 Å². The zero-order chi connectivity index (χ0) is 19.1. The van der Waals surface area contributed by atoms with Gasteiger partial charge in [-0.2, -0.15) is 0 Å². The van der Waals surface area contributed by atoms with Gasteiger partial charge in [0.2, 0.25) is 0 Å². The number of rotatable bonds is 4. The third-order valence-corrected chi connectivity index (χ3v) is 7.27. The molecule has 1 fully saturated rings. The first-order valence-electron chi connectivity index (χ1n) is 11.0. The van der Waals surface area contributed by atoms with E-state index in [2.05, 4.69) is 58.7 Å². The number of Topliss-reactive ketones (excluding diaryl/α,β-unsaturated/α-hetero) is 1. The molecule has 28 heavy (non-hydrogen) atoms. The summed E-state index contributed by atoms with van der Waals surface area (Å²) in [7, 11) is 0. The van der Waals surface area contributed by atoms with Crippen molar-refractivity contribution in [3.63, 3.8) is 0 Å². The van der Waals surface area contributed by atoms with Crippen LogP contribution >= 0.6 is 0 Å². The number of nitrogens with zero attached hydrogens (tertiary/aromatic N) is 1. The third-order valence-electron chi connectivity index (χ3n) is 7.27. The van der Waals surface area contributed by atoms with Gasteiger partial charge < -0.3 is 5.32 Å². The molecule has 3 atom stereocenters. The second kappa shape index (κ2) is 7.36. The van der Waals surface area contributed by atoms with Crippen LogP contribution in [0.25, 0.3) is 0 Å². The Morgan fingerprint density at radius 3 is 2.54 bits per heavy atom. The van der Waals surface area contributed by atoms with Gasteiger partial charge in [-0.05, 0) is 61.5 Å². The van der Waals surface area contributed by atoms with Crippen LogP contribution in [0.5, 0.6) is 0 Å². The highest BCUT2D eigenvalue weighted by Gasteiger charge is 2.41. The molecule has 2 heterocycles. The van der Waals surface area contributed by atoms with Gasteiger partial charge in [0.25, 0.3) is 0 Å². The molecule has 2 aliphatic heterocycles. The summed E-state index contributed by atoms with van der Waals surface area (Å²) in [5, 5.41) is 3.82. The summed E-state index contributed by atoms with van der Waals surface area (Å²) in [5.41, 5.74) is 5.81. The second-order valence-corrected chi connectivity index (χ2v) is 8.67. The first-order valence-corrected chi connectivity index (χ1v) is 11.0. The van der Waals surface area contributed by atoms with Crippen molar-refractivity contribution in [2.24, 2.45) is 5.92 Å². The van der Waals surface area contributed by atoms with Crippen molar-refractivity contribution >= 4 is 11.5 Å². The summed E-state index contributed by atoms with van der Waals surface area (Å²) in [4.78, 5) is 14.7. The fourth-order valence-electron chi connectivity index (χ4n) is 5.83. The Hall–Kier alpha value is -2.13. The average Bonchev–Trinajstić information content (AvgIpc) is 3.15. The van der Waals surface area contributed by atoms with E-state index in [0.29, 0.717) is 36.1 Å². The number of anilines is 1. The SMILES string of the molecule is CCC(=O)C1CCN(C2CCC3c4c(cccc42)NC3c2ccccc2)CC1. The van der Waals surface area contributed by atoms with Crippen LogP contribution in [0.15, 0.2) is 48.5 Å². The molecule has 0 radical (unpaired) electrons. The molecular formula is C25H30N2O. The Morgan fingerprint density at radius 1 is 1.00 bits per heavy atom. The number of likely N-dealkylation sites (tertiary alicyclic amines) is 1. The summed E-state index contributed by atoms with van der Waals surface area (Å²) in [6, 6.07) is 18.6. The number of nitrogens with one attached hydrogen (secondary N) is 1. The fraction of sp³-hybridized carbons (Fsp3) is 0.480. The van der Waals surface area contributed by atoms with Gasteiger partial charge >= 0.3 is 0 Å². The van der Waals surface area contributed by atoms with E-state index >= 15 is 0 Å². The standard InChI is InChI=1S/C25H30N2O/c1-2-23(28)17-13-15-27(16-14-17)22-12-11-20-24-19(22)9-6-10-21(24)26-25(20)18-7-4-3-5-8-18/h3-10,17,20,22,25-26H,2,11-16H2,1H3. The number of carbonyl (C=O) groups excluding carboxylic acids is 1. The van der Waals surface area contributed by atoms with Crippen LogP contribution in [0, 0.1) is 5.92 Å². The first-order chi connectivity index (χ1) is 13.8. The van der Waals surface area contributed by atoms with Crippen LogP contribution in [0.1, 0.15) is 73.7 Å². The van der Waals surface area contributed by atoms with E-state index in [1.54, 1.807) is 5.56 Å². The quantitative estimate of drug-likeness (QED) is 0.771. The number of ketones is 1. The minimum Gasteiger partial charge on any atom is -0.377 e. The lowest BCUT2D eigenvalue weighted by Crippen LogP contribution is -2.40. The maximum absolute atomic E-state index is 12.1. The van der Waals surface area contributed by atoms with Crippen molar-refractivity contribution in [2.45, 2.75) is 57.0 Å². The molecule has 0 aromatic heterocycles. The molecule has 0 amide bonds. The van der Waals surface area contributed by atoms with Crippen LogP contribution in [-0.4, -0.2) is 23.8 Å². The molecule has 1 aliphatic carbocycles. The van der Waals surface area contributed by atoms with Gasteiger partial charge in [-0.1, -0.05) is 49.4 Å². The Labute approximate surface area is 168 Å². The highest BCUT2D eigenvalue weighted by molar-refractivity contribution is 5.80. The zero-order valence-electron chi connectivity index (χ0n) is 16.7. The molecule has 0 spiro atoms. The largest absolute Gasteiger partial charge is 0.377 e. The van der Waals surface area contributed by atoms with Gasteiger partial charge in [-0.15, -0.1) is 0 Å². The van der Waals surface area contributed by atoms with E-state index in [1.165, 1.54) is 29.7 Å². The smallest absolute Gasteiger partial charge is 0.135 e. The first kappa shape index (κ1) is 17.9. The molecule has 3 heteroatoms. The molecule has 1 saturated heterocycles. The Kier molecular flexibility index (Phi) is 4.72. The van der Waals surface area contributed by atoms with Crippen LogP contribution in [-0.2, 0) is 4.79 Å². The Morgan fingerprint density at radius 2 is 1.79 bits per heavy atom. The van der Waals surface area contributed by atoms with E-state index in [0.717, 1.165) is 25.9 Å². The molecule has 3 aliphatic rings.